The summed E-state index contributed by atoms with van der Waals surface area (Å²) in [4.78, 5) is 15.0. The van der Waals surface area contributed by atoms with Crippen molar-refractivity contribution in [1.82, 2.24) is 10.6 Å². The first kappa shape index (κ1) is 20.7. The van der Waals surface area contributed by atoms with E-state index in [1.165, 1.54) is 29.7 Å². The number of anilines is 1. The van der Waals surface area contributed by atoms with Crippen molar-refractivity contribution in [3.63, 3.8) is 0 Å². The van der Waals surface area contributed by atoms with Gasteiger partial charge in [0.2, 0.25) is 5.91 Å². The summed E-state index contributed by atoms with van der Waals surface area (Å²) in [5, 5.41) is 6.83. The lowest BCUT2D eigenvalue weighted by Gasteiger charge is -2.29. The van der Waals surface area contributed by atoms with Crippen molar-refractivity contribution in [3.8, 4) is 0 Å². The quantitative estimate of drug-likeness (QED) is 0.740. The van der Waals surface area contributed by atoms with Crippen LogP contribution in [0.3, 0.4) is 0 Å². The van der Waals surface area contributed by atoms with Crippen LogP contribution < -0.4 is 15.5 Å². The normalized spacial score (nSPS) is 26.9. The van der Waals surface area contributed by atoms with Crippen LogP contribution in [0.4, 0.5) is 5.69 Å². The van der Waals surface area contributed by atoms with Gasteiger partial charge in [-0.15, -0.1) is 0 Å². The lowest BCUT2D eigenvalue weighted by atomic mass is 9.81. The van der Waals surface area contributed by atoms with Crippen LogP contribution in [0.2, 0.25) is 0 Å². The third-order valence-corrected chi connectivity index (χ3v) is 7.07. The van der Waals surface area contributed by atoms with Crippen LogP contribution >= 0.6 is 0 Å². The molecule has 2 N–H and O–H groups in total. The highest BCUT2D eigenvalue weighted by Gasteiger charge is 2.26. The molecule has 3 aliphatic rings. The molecule has 1 amide bonds. The summed E-state index contributed by atoms with van der Waals surface area (Å²) in [5.41, 5.74) is 3.99. The summed E-state index contributed by atoms with van der Waals surface area (Å²) < 4.78 is 5.44. The molecule has 29 heavy (non-hydrogen) atoms. The molecule has 1 saturated heterocycles. The summed E-state index contributed by atoms with van der Waals surface area (Å²) >= 11 is 0. The van der Waals surface area contributed by atoms with E-state index in [0.29, 0.717) is 12.5 Å². The molecule has 5 heteroatoms. The molecule has 1 atom stereocenters. The van der Waals surface area contributed by atoms with E-state index >= 15 is 0 Å². The Hall–Kier alpha value is -1.59. The summed E-state index contributed by atoms with van der Waals surface area (Å²) in [6.07, 6.45) is 7.94. The fraction of sp³-hybridized carbons (Fsp3) is 0.708. The zero-order chi connectivity index (χ0) is 20.1. The standard InChI is InChI=1S/C24H37N3O2/c1-27-11-2-3-22-13-19(6-9-23(22)27)16-26-24(28)21-7-4-18(5-8-21)14-25-15-20-10-12-29-17-20/h6,9,13,18,20-21,25H,2-5,7-8,10-12,14-17H2,1H3,(H,26,28). The monoisotopic (exact) mass is 399 g/mol. The summed E-state index contributed by atoms with van der Waals surface area (Å²) in [6.45, 7) is 5.80. The zero-order valence-electron chi connectivity index (χ0n) is 17.9. The van der Waals surface area contributed by atoms with Crippen LogP contribution in [0.25, 0.3) is 0 Å². The minimum Gasteiger partial charge on any atom is -0.381 e. The number of rotatable bonds is 7. The SMILES string of the molecule is CN1CCCc2cc(CNC(=O)C3CCC(CNCC4CCOC4)CC3)ccc21. The van der Waals surface area contributed by atoms with E-state index in [1.54, 1.807) is 0 Å². The van der Waals surface area contributed by atoms with Gasteiger partial charge < -0.3 is 20.3 Å². The van der Waals surface area contributed by atoms with Gasteiger partial charge in [-0.3, -0.25) is 4.79 Å². The third-order valence-electron chi connectivity index (χ3n) is 7.07. The minimum atomic E-state index is 0.193. The van der Waals surface area contributed by atoms with Crippen molar-refractivity contribution in [2.75, 3.05) is 44.8 Å². The maximum atomic E-state index is 12.7. The summed E-state index contributed by atoms with van der Waals surface area (Å²) in [7, 11) is 2.16. The second-order valence-electron chi connectivity index (χ2n) is 9.31. The van der Waals surface area contributed by atoms with Crippen molar-refractivity contribution < 1.29 is 9.53 Å². The lowest BCUT2D eigenvalue weighted by molar-refractivity contribution is -0.126. The molecule has 1 aromatic carbocycles. The second-order valence-corrected chi connectivity index (χ2v) is 9.31. The minimum absolute atomic E-state index is 0.193. The first-order chi connectivity index (χ1) is 14.2. The number of benzene rings is 1. The van der Waals surface area contributed by atoms with Crippen molar-refractivity contribution in [3.05, 3.63) is 29.3 Å². The zero-order valence-corrected chi connectivity index (χ0v) is 17.9. The second kappa shape index (κ2) is 9.94. The Balaban J connectivity index is 1.16. The van der Waals surface area contributed by atoms with Crippen molar-refractivity contribution in [2.24, 2.45) is 17.8 Å². The molecular formula is C24H37N3O2. The molecule has 5 nitrogen and oxygen atoms in total. The van der Waals surface area contributed by atoms with E-state index in [0.717, 1.165) is 70.9 Å². The smallest absolute Gasteiger partial charge is 0.223 e. The van der Waals surface area contributed by atoms with Gasteiger partial charge in [-0.25, -0.2) is 0 Å². The number of carbonyl (C=O) groups is 1. The number of carbonyl (C=O) groups excluding carboxylic acids is 1. The molecular weight excluding hydrogens is 362 g/mol. The molecule has 1 aromatic rings. The molecule has 0 spiro atoms. The lowest BCUT2D eigenvalue weighted by Crippen LogP contribution is -2.35. The average molecular weight is 400 g/mol. The Morgan fingerprint density at radius 3 is 2.76 bits per heavy atom. The molecule has 0 radical (unpaired) electrons. The first-order valence-corrected chi connectivity index (χ1v) is 11.6. The number of ether oxygens (including phenoxy) is 1. The van der Waals surface area contributed by atoms with Crippen molar-refractivity contribution >= 4 is 11.6 Å². The maximum absolute atomic E-state index is 12.7. The van der Waals surface area contributed by atoms with E-state index < -0.39 is 0 Å². The van der Waals surface area contributed by atoms with Crippen LogP contribution in [0.1, 0.15) is 49.7 Å². The van der Waals surface area contributed by atoms with Gasteiger partial charge in [0.25, 0.3) is 0 Å². The number of fused-ring (bicyclic) bond motifs is 1. The van der Waals surface area contributed by atoms with Gasteiger partial charge in [0.05, 0.1) is 6.61 Å². The highest BCUT2D eigenvalue weighted by Crippen LogP contribution is 2.29. The van der Waals surface area contributed by atoms with Crippen LogP contribution in [-0.4, -0.2) is 45.8 Å². The predicted molar refractivity (Wildman–Crippen MR) is 117 cm³/mol. The van der Waals surface area contributed by atoms with Crippen LogP contribution in [-0.2, 0) is 22.5 Å². The van der Waals surface area contributed by atoms with E-state index in [1.807, 2.05) is 0 Å². The van der Waals surface area contributed by atoms with Gasteiger partial charge >= 0.3 is 0 Å². The Morgan fingerprint density at radius 1 is 1.14 bits per heavy atom. The number of amides is 1. The van der Waals surface area contributed by atoms with E-state index in [2.05, 4.69) is 40.8 Å². The number of aryl methyl sites for hydroxylation is 1. The van der Waals surface area contributed by atoms with E-state index in [-0.39, 0.29) is 11.8 Å². The summed E-state index contributed by atoms with van der Waals surface area (Å²) in [6, 6.07) is 6.66. The van der Waals surface area contributed by atoms with Gasteiger partial charge in [0.15, 0.2) is 0 Å². The molecule has 2 heterocycles. The van der Waals surface area contributed by atoms with Gasteiger partial charge in [-0.05, 0) is 80.5 Å². The average Bonchev–Trinajstić information content (AvgIpc) is 3.26. The van der Waals surface area contributed by atoms with Gasteiger partial charge in [-0.1, -0.05) is 12.1 Å². The maximum Gasteiger partial charge on any atom is 0.223 e. The third kappa shape index (κ3) is 5.52. The highest BCUT2D eigenvalue weighted by molar-refractivity contribution is 5.78. The predicted octanol–water partition coefficient (Wildman–Crippen LogP) is 3.12. The largest absolute Gasteiger partial charge is 0.381 e. The number of nitrogens with one attached hydrogen (secondary N) is 2. The van der Waals surface area contributed by atoms with Crippen LogP contribution in [0, 0.1) is 17.8 Å². The van der Waals surface area contributed by atoms with Crippen LogP contribution in [0.5, 0.6) is 0 Å². The Morgan fingerprint density at radius 2 is 1.97 bits per heavy atom. The molecule has 1 unspecified atom stereocenters. The topological polar surface area (TPSA) is 53.6 Å². The molecule has 1 aliphatic carbocycles. The number of nitrogens with zero attached hydrogens (tertiary/aromatic N) is 1. The highest BCUT2D eigenvalue weighted by atomic mass is 16.5. The Labute approximate surface area is 175 Å². The molecule has 0 aromatic heterocycles. The molecule has 0 bridgehead atoms. The van der Waals surface area contributed by atoms with Gasteiger partial charge in [-0.2, -0.15) is 0 Å². The number of hydrogen-bond donors (Lipinski definition) is 2. The van der Waals surface area contributed by atoms with E-state index in [4.69, 9.17) is 4.74 Å². The van der Waals surface area contributed by atoms with Crippen molar-refractivity contribution in [2.45, 2.75) is 51.5 Å². The Bertz CT molecular complexity index is 679. The fourth-order valence-corrected chi connectivity index (χ4v) is 5.15. The first-order valence-electron chi connectivity index (χ1n) is 11.6. The number of hydrogen-bond acceptors (Lipinski definition) is 4. The van der Waals surface area contributed by atoms with Gasteiger partial charge in [0.1, 0.15) is 0 Å². The van der Waals surface area contributed by atoms with Crippen LogP contribution in [0.15, 0.2) is 18.2 Å². The molecule has 4 rings (SSSR count). The molecule has 2 fully saturated rings. The van der Waals surface area contributed by atoms with Gasteiger partial charge in [0, 0.05) is 44.9 Å². The molecule has 1 saturated carbocycles. The fourth-order valence-electron chi connectivity index (χ4n) is 5.15. The molecule has 160 valence electrons. The van der Waals surface area contributed by atoms with E-state index in [9.17, 15) is 4.79 Å². The summed E-state index contributed by atoms with van der Waals surface area (Å²) in [5.74, 6) is 1.85. The van der Waals surface area contributed by atoms with Crippen molar-refractivity contribution in [1.29, 1.82) is 0 Å². The molecule has 2 aliphatic heterocycles. The Kier molecular flexibility index (Phi) is 7.09.